The third kappa shape index (κ3) is 3.70. The van der Waals surface area contributed by atoms with E-state index in [2.05, 4.69) is 41.2 Å². The predicted octanol–water partition coefficient (Wildman–Crippen LogP) is 2.76. The lowest BCUT2D eigenvalue weighted by Crippen LogP contribution is -2.39. The zero-order valence-corrected chi connectivity index (χ0v) is 12.9. The fraction of sp³-hybridized carbons (Fsp3) is 0.688. The highest BCUT2D eigenvalue weighted by Crippen LogP contribution is 2.22. The van der Waals surface area contributed by atoms with E-state index in [1.165, 1.54) is 12.1 Å². The number of hydrogen-bond donors (Lipinski definition) is 1. The van der Waals surface area contributed by atoms with Gasteiger partial charge in [0.05, 0.1) is 23.7 Å². The molecule has 0 saturated carbocycles. The summed E-state index contributed by atoms with van der Waals surface area (Å²) in [6.45, 7) is 7.38. The van der Waals surface area contributed by atoms with E-state index in [4.69, 9.17) is 4.74 Å². The van der Waals surface area contributed by atoms with Crippen LogP contribution >= 0.6 is 0 Å². The minimum absolute atomic E-state index is 0.355. The van der Waals surface area contributed by atoms with Crippen LogP contribution < -0.4 is 10.2 Å². The highest BCUT2D eigenvalue weighted by molar-refractivity contribution is 5.45. The average Bonchev–Trinajstić information content (AvgIpc) is 2.53. The first kappa shape index (κ1) is 15.3. The van der Waals surface area contributed by atoms with E-state index in [9.17, 15) is 0 Å². The summed E-state index contributed by atoms with van der Waals surface area (Å²) >= 11 is 0. The summed E-state index contributed by atoms with van der Waals surface area (Å²) in [6.07, 6.45) is 5.78. The fourth-order valence-corrected chi connectivity index (χ4v) is 2.86. The molecule has 1 N–H and O–H groups in total. The topological polar surface area (TPSA) is 37.4 Å². The molecule has 4 heteroatoms. The Labute approximate surface area is 122 Å². The van der Waals surface area contributed by atoms with Crippen molar-refractivity contribution >= 4 is 5.69 Å². The molecular weight excluding hydrogens is 250 g/mol. The quantitative estimate of drug-likeness (QED) is 0.867. The molecule has 0 aliphatic carbocycles. The van der Waals surface area contributed by atoms with Gasteiger partial charge in [0.15, 0.2) is 0 Å². The van der Waals surface area contributed by atoms with Gasteiger partial charge in [-0.3, -0.25) is 4.98 Å². The molecule has 1 aromatic heterocycles. The first-order valence-corrected chi connectivity index (χ1v) is 7.75. The lowest BCUT2D eigenvalue weighted by molar-refractivity contribution is 0.0893. The van der Waals surface area contributed by atoms with E-state index in [1.54, 1.807) is 7.11 Å². The fourth-order valence-electron chi connectivity index (χ4n) is 2.86. The van der Waals surface area contributed by atoms with E-state index in [1.807, 2.05) is 6.20 Å². The second-order valence-corrected chi connectivity index (χ2v) is 5.41. The molecule has 4 nitrogen and oxygen atoms in total. The van der Waals surface area contributed by atoms with Crippen LogP contribution in [0.2, 0.25) is 0 Å². The van der Waals surface area contributed by atoms with Gasteiger partial charge in [-0.25, -0.2) is 0 Å². The second-order valence-electron chi connectivity index (χ2n) is 5.41. The van der Waals surface area contributed by atoms with Gasteiger partial charge in [-0.05, 0) is 37.9 Å². The number of anilines is 1. The highest BCUT2D eigenvalue weighted by Gasteiger charge is 2.20. The van der Waals surface area contributed by atoms with E-state index < -0.39 is 0 Å². The Bertz CT molecular complexity index is 393. The van der Waals surface area contributed by atoms with Crippen LogP contribution in [-0.2, 0) is 4.74 Å². The maximum absolute atomic E-state index is 5.48. The number of ether oxygens (including phenoxy) is 1. The Balaban J connectivity index is 2.03. The molecule has 0 spiro atoms. The molecule has 0 radical (unpaired) electrons. The first-order valence-electron chi connectivity index (χ1n) is 7.75. The monoisotopic (exact) mass is 277 g/mol. The lowest BCUT2D eigenvalue weighted by atomic mass is 10.1. The first-order chi connectivity index (χ1) is 9.78. The van der Waals surface area contributed by atoms with Crippen molar-refractivity contribution in [2.45, 2.75) is 45.3 Å². The van der Waals surface area contributed by atoms with Gasteiger partial charge in [0.25, 0.3) is 0 Å². The maximum atomic E-state index is 5.48. The van der Waals surface area contributed by atoms with Gasteiger partial charge in [0, 0.05) is 26.2 Å². The van der Waals surface area contributed by atoms with Crippen LogP contribution in [0.25, 0.3) is 0 Å². The Morgan fingerprint density at radius 3 is 2.90 bits per heavy atom. The van der Waals surface area contributed by atoms with Crippen molar-refractivity contribution in [2.75, 3.05) is 31.6 Å². The van der Waals surface area contributed by atoms with Crippen LogP contribution in [0.4, 0.5) is 5.69 Å². The summed E-state index contributed by atoms with van der Waals surface area (Å²) in [5.41, 5.74) is 2.35. The van der Waals surface area contributed by atoms with Gasteiger partial charge in [-0.15, -0.1) is 0 Å². The molecule has 1 fully saturated rings. The number of nitrogens with zero attached hydrogens (tertiary/aromatic N) is 2. The molecule has 1 aliphatic rings. The molecule has 1 aliphatic heterocycles. The van der Waals surface area contributed by atoms with Crippen LogP contribution in [0, 0.1) is 0 Å². The number of pyridine rings is 1. The summed E-state index contributed by atoms with van der Waals surface area (Å²) < 4.78 is 5.48. The van der Waals surface area contributed by atoms with Gasteiger partial charge < -0.3 is 15.0 Å². The van der Waals surface area contributed by atoms with Crippen LogP contribution in [0.15, 0.2) is 18.3 Å². The highest BCUT2D eigenvalue weighted by atomic mass is 16.5. The largest absolute Gasteiger partial charge is 0.380 e. The van der Waals surface area contributed by atoms with E-state index in [0.717, 1.165) is 38.2 Å². The van der Waals surface area contributed by atoms with Gasteiger partial charge in [0.2, 0.25) is 0 Å². The smallest absolute Gasteiger partial charge is 0.0746 e. The Hall–Kier alpha value is -1.13. The molecule has 2 rings (SSSR count). The summed E-state index contributed by atoms with van der Waals surface area (Å²) in [5, 5.41) is 3.47. The van der Waals surface area contributed by atoms with Crippen molar-refractivity contribution < 1.29 is 4.74 Å². The van der Waals surface area contributed by atoms with E-state index in [-0.39, 0.29) is 0 Å². The van der Waals surface area contributed by atoms with Gasteiger partial charge in [-0.2, -0.15) is 0 Å². The van der Waals surface area contributed by atoms with Gasteiger partial charge in [0.1, 0.15) is 0 Å². The molecule has 20 heavy (non-hydrogen) atoms. The van der Waals surface area contributed by atoms with Crippen molar-refractivity contribution in [3.63, 3.8) is 0 Å². The summed E-state index contributed by atoms with van der Waals surface area (Å²) in [5.74, 6) is 0. The standard InChI is InChI=1S/C16H27N3O/c1-4-15(17-5-2)16-9-8-13(11-18-16)19-10-6-7-14(12-19)20-3/h8-9,11,14-15,17H,4-7,10,12H2,1-3H3. The van der Waals surface area contributed by atoms with Crippen molar-refractivity contribution in [2.24, 2.45) is 0 Å². The van der Waals surface area contributed by atoms with Crippen molar-refractivity contribution in [1.82, 2.24) is 10.3 Å². The van der Waals surface area contributed by atoms with Crippen LogP contribution in [0.1, 0.15) is 44.8 Å². The normalized spacial score (nSPS) is 20.9. The number of aromatic nitrogens is 1. The Kier molecular flexibility index (Phi) is 5.80. The van der Waals surface area contributed by atoms with Gasteiger partial charge >= 0.3 is 0 Å². The number of hydrogen-bond acceptors (Lipinski definition) is 4. The molecule has 2 atom stereocenters. The number of nitrogens with one attached hydrogen (secondary N) is 1. The predicted molar refractivity (Wildman–Crippen MR) is 83.2 cm³/mol. The van der Waals surface area contributed by atoms with Crippen LogP contribution in [0.3, 0.4) is 0 Å². The molecule has 1 saturated heterocycles. The second kappa shape index (κ2) is 7.60. The molecule has 2 heterocycles. The Morgan fingerprint density at radius 2 is 2.30 bits per heavy atom. The maximum Gasteiger partial charge on any atom is 0.0746 e. The average molecular weight is 277 g/mol. The molecule has 112 valence electrons. The number of rotatable bonds is 6. The van der Waals surface area contributed by atoms with E-state index in [0.29, 0.717) is 12.1 Å². The molecule has 0 bridgehead atoms. The zero-order chi connectivity index (χ0) is 14.4. The van der Waals surface area contributed by atoms with Crippen molar-refractivity contribution in [1.29, 1.82) is 0 Å². The van der Waals surface area contributed by atoms with Gasteiger partial charge in [-0.1, -0.05) is 13.8 Å². The SMILES string of the molecule is CCNC(CC)c1ccc(N2CCCC(OC)C2)cn1. The lowest BCUT2D eigenvalue weighted by Gasteiger charge is -2.33. The molecular formula is C16H27N3O. The summed E-state index contributed by atoms with van der Waals surface area (Å²) in [6, 6.07) is 4.71. The molecule has 1 aromatic rings. The van der Waals surface area contributed by atoms with Crippen LogP contribution in [-0.4, -0.2) is 37.8 Å². The summed E-state index contributed by atoms with van der Waals surface area (Å²) in [4.78, 5) is 7.03. The zero-order valence-electron chi connectivity index (χ0n) is 12.9. The Morgan fingerprint density at radius 1 is 1.45 bits per heavy atom. The summed E-state index contributed by atoms with van der Waals surface area (Å²) in [7, 11) is 1.80. The minimum atomic E-state index is 0.355. The van der Waals surface area contributed by atoms with E-state index >= 15 is 0 Å². The van der Waals surface area contributed by atoms with Crippen molar-refractivity contribution in [3.05, 3.63) is 24.0 Å². The van der Waals surface area contributed by atoms with Crippen molar-refractivity contribution in [3.8, 4) is 0 Å². The number of piperidine rings is 1. The molecule has 0 amide bonds. The molecule has 0 aromatic carbocycles. The third-order valence-corrected chi connectivity index (χ3v) is 4.06. The number of methoxy groups -OCH3 is 1. The van der Waals surface area contributed by atoms with Crippen LogP contribution in [0.5, 0.6) is 0 Å². The third-order valence-electron chi connectivity index (χ3n) is 4.06. The molecule has 2 unspecified atom stereocenters. The minimum Gasteiger partial charge on any atom is -0.380 e.